The second kappa shape index (κ2) is 4.07. The fourth-order valence-electron chi connectivity index (χ4n) is 0.811. The molecule has 0 unspecified atom stereocenters. The van der Waals surface area contributed by atoms with Gasteiger partial charge in [0.25, 0.3) is 6.43 Å². The summed E-state index contributed by atoms with van der Waals surface area (Å²) < 4.78 is 24.4. The van der Waals surface area contributed by atoms with Gasteiger partial charge in [-0.25, -0.2) is 8.78 Å². The Kier molecular flexibility index (Phi) is 3.27. The van der Waals surface area contributed by atoms with E-state index in [-0.39, 0.29) is 16.6 Å². The number of nitrogens with zero attached hydrogens (tertiary/aromatic N) is 1. The molecule has 0 saturated carbocycles. The van der Waals surface area contributed by atoms with Crippen molar-refractivity contribution in [2.45, 2.75) is 12.3 Å². The summed E-state index contributed by atoms with van der Waals surface area (Å²) >= 11 is 11.0. The fraction of sp³-hybridized carbons (Fsp3) is 0.286. The molecule has 0 amide bonds. The quantitative estimate of drug-likeness (QED) is 0.788. The Hall–Kier alpha value is -0.610. The number of rotatable bonds is 2. The van der Waals surface area contributed by atoms with Gasteiger partial charge in [0.05, 0.1) is 16.6 Å². The number of hydrogen-bond acceptors (Lipinski definition) is 2. The smallest absolute Gasteiger partial charge is 0.281 e. The minimum absolute atomic E-state index is 0.0713. The molecule has 2 N–H and O–H groups in total. The maximum atomic E-state index is 12.2. The number of alkyl halides is 3. The average Bonchev–Trinajstić information content (AvgIpc) is 2.09. The minimum atomic E-state index is -2.72. The number of aromatic nitrogens is 1. The van der Waals surface area contributed by atoms with Gasteiger partial charge in [0, 0.05) is 11.8 Å². The van der Waals surface area contributed by atoms with Gasteiger partial charge in [-0.05, 0) is 0 Å². The fourth-order valence-corrected chi connectivity index (χ4v) is 1.28. The van der Waals surface area contributed by atoms with Crippen LogP contribution < -0.4 is 5.73 Å². The monoisotopic (exact) mass is 226 g/mol. The second-order valence-electron chi connectivity index (χ2n) is 2.33. The largest absolute Gasteiger partial charge is 0.397 e. The van der Waals surface area contributed by atoms with Crippen LogP contribution in [0.3, 0.4) is 0 Å². The van der Waals surface area contributed by atoms with Crippen LogP contribution in [0.15, 0.2) is 6.20 Å². The van der Waals surface area contributed by atoms with Crippen LogP contribution in [0.5, 0.6) is 0 Å². The molecule has 1 aromatic heterocycles. The molecule has 0 bridgehead atoms. The number of anilines is 1. The Morgan fingerprint density at radius 2 is 2.15 bits per heavy atom. The third kappa shape index (κ3) is 2.00. The first kappa shape index (κ1) is 10.5. The van der Waals surface area contributed by atoms with Crippen molar-refractivity contribution in [2.24, 2.45) is 0 Å². The van der Waals surface area contributed by atoms with Gasteiger partial charge >= 0.3 is 0 Å². The van der Waals surface area contributed by atoms with Gasteiger partial charge in [0.15, 0.2) is 0 Å². The van der Waals surface area contributed by atoms with E-state index < -0.39 is 12.1 Å². The topological polar surface area (TPSA) is 38.9 Å². The van der Waals surface area contributed by atoms with Gasteiger partial charge in [-0.2, -0.15) is 0 Å². The number of pyridine rings is 1. The first-order chi connectivity index (χ1) is 6.07. The van der Waals surface area contributed by atoms with Crippen molar-refractivity contribution >= 4 is 28.9 Å². The summed E-state index contributed by atoms with van der Waals surface area (Å²) in [6.45, 7) is 0. The Labute approximate surface area is 83.7 Å². The highest BCUT2D eigenvalue weighted by Crippen LogP contribution is 2.31. The van der Waals surface area contributed by atoms with Gasteiger partial charge in [-0.15, -0.1) is 11.6 Å². The van der Waals surface area contributed by atoms with Crippen LogP contribution in [0.1, 0.15) is 17.7 Å². The highest BCUT2D eigenvalue weighted by atomic mass is 35.5. The standard InChI is InChI=1S/C7H6Cl2F2N2/c8-1-3-2-13-6(7(10)11)4(9)5(3)12/h2,7H,1H2,(H2,12,13). The van der Waals surface area contributed by atoms with E-state index in [4.69, 9.17) is 28.9 Å². The van der Waals surface area contributed by atoms with E-state index in [2.05, 4.69) is 4.98 Å². The maximum Gasteiger partial charge on any atom is 0.281 e. The van der Waals surface area contributed by atoms with Crippen LogP contribution in [0.4, 0.5) is 14.5 Å². The number of halogens is 4. The van der Waals surface area contributed by atoms with E-state index in [1.165, 1.54) is 6.20 Å². The summed E-state index contributed by atoms with van der Waals surface area (Å²) in [5.41, 5.74) is 5.46. The second-order valence-corrected chi connectivity index (χ2v) is 2.98. The molecule has 1 rings (SSSR count). The number of nitrogens with two attached hydrogens (primary N) is 1. The zero-order valence-corrected chi connectivity index (χ0v) is 7.91. The summed E-state index contributed by atoms with van der Waals surface area (Å²) in [7, 11) is 0. The molecule has 0 aliphatic rings. The van der Waals surface area contributed by atoms with Crippen molar-refractivity contribution in [3.63, 3.8) is 0 Å². The molecule has 0 saturated heterocycles. The third-order valence-corrected chi connectivity index (χ3v) is 2.20. The first-order valence-corrected chi connectivity index (χ1v) is 4.26. The van der Waals surface area contributed by atoms with Crippen molar-refractivity contribution in [3.8, 4) is 0 Å². The maximum absolute atomic E-state index is 12.2. The normalized spacial score (nSPS) is 10.8. The number of nitrogen functional groups attached to an aromatic ring is 1. The van der Waals surface area contributed by atoms with E-state index in [1.54, 1.807) is 0 Å². The van der Waals surface area contributed by atoms with Crippen molar-refractivity contribution in [1.82, 2.24) is 4.98 Å². The van der Waals surface area contributed by atoms with E-state index >= 15 is 0 Å². The summed E-state index contributed by atoms with van der Waals surface area (Å²) in [5.74, 6) is 0.0993. The molecule has 72 valence electrons. The molecule has 0 aromatic carbocycles. The minimum Gasteiger partial charge on any atom is -0.397 e. The van der Waals surface area contributed by atoms with Gasteiger partial charge in [-0.3, -0.25) is 4.98 Å². The molecular formula is C7H6Cl2F2N2. The highest BCUT2D eigenvalue weighted by Gasteiger charge is 2.17. The van der Waals surface area contributed by atoms with Crippen LogP contribution >= 0.6 is 23.2 Å². The van der Waals surface area contributed by atoms with E-state index in [9.17, 15) is 8.78 Å². The molecule has 0 radical (unpaired) electrons. The molecule has 0 aliphatic heterocycles. The Morgan fingerprint density at radius 1 is 1.54 bits per heavy atom. The zero-order valence-electron chi connectivity index (χ0n) is 6.40. The zero-order chi connectivity index (χ0) is 10.0. The summed E-state index contributed by atoms with van der Waals surface area (Å²) in [5, 5.41) is -0.215. The molecule has 0 atom stereocenters. The predicted octanol–water partition coefficient (Wildman–Crippen LogP) is 2.99. The van der Waals surface area contributed by atoms with E-state index in [0.717, 1.165) is 0 Å². The van der Waals surface area contributed by atoms with Gasteiger partial charge < -0.3 is 5.73 Å². The Balaban J connectivity index is 3.23. The van der Waals surface area contributed by atoms with E-state index in [1.807, 2.05) is 0 Å². The summed E-state index contributed by atoms with van der Waals surface area (Å²) in [4.78, 5) is 3.46. The summed E-state index contributed by atoms with van der Waals surface area (Å²) in [6, 6.07) is 0. The average molecular weight is 227 g/mol. The summed E-state index contributed by atoms with van der Waals surface area (Å²) in [6.07, 6.45) is -1.52. The van der Waals surface area contributed by atoms with Crippen molar-refractivity contribution in [2.75, 3.05) is 5.73 Å². The van der Waals surface area contributed by atoms with Crippen molar-refractivity contribution in [1.29, 1.82) is 0 Å². The lowest BCUT2D eigenvalue weighted by atomic mass is 10.2. The van der Waals surface area contributed by atoms with Crippen molar-refractivity contribution in [3.05, 3.63) is 22.5 Å². The lowest BCUT2D eigenvalue weighted by molar-refractivity contribution is 0.146. The lowest BCUT2D eigenvalue weighted by Gasteiger charge is -2.07. The van der Waals surface area contributed by atoms with Crippen LogP contribution in [0, 0.1) is 0 Å². The SMILES string of the molecule is Nc1c(CCl)cnc(C(F)F)c1Cl. The van der Waals surface area contributed by atoms with Crippen LogP contribution in [-0.4, -0.2) is 4.98 Å². The molecule has 13 heavy (non-hydrogen) atoms. The Bertz CT molecular complexity index is 318. The molecule has 0 fully saturated rings. The van der Waals surface area contributed by atoms with Crippen LogP contribution in [0.25, 0.3) is 0 Å². The predicted molar refractivity (Wildman–Crippen MR) is 48.2 cm³/mol. The van der Waals surface area contributed by atoms with Crippen LogP contribution in [0.2, 0.25) is 5.02 Å². The van der Waals surface area contributed by atoms with Crippen LogP contribution in [-0.2, 0) is 5.88 Å². The van der Waals surface area contributed by atoms with Gasteiger partial charge in [0.1, 0.15) is 5.69 Å². The number of hydrogen-bond donors (Lipinski definition) is 1. The highest BCUT2D eigenvalue weighted by molar-refractivity contribution is 6.34. The third-order valence-electron chi connectivity index (χ3n) is 1.52. The molecule has 1 heterocycles. The van der Waals surface area contributed by atoms with Gasteiger partial charge in [0.2, 0.25) is 0 Å². The molecule has 6 heteroatoms. The van der Waals surface area contributed by atoms with Crippen molar-refractivity contribution < 1.29 is 8.78 Å². The lowest BCUT2D eigenvalue weighted by Crippen LogP contribution is -2.00. The van der Waals surface area contributed by atoms with Gasteiger partial charge in [-0.1, -0.05) is 11.6 Å². The molecular weight excluding hydrogens is 221 g/mol. The first-order valence-electron chi connectivity index (χ1n) is 3.34. The van der Waals surface area contributed by atoms with E-state index in [0.29, 0.717) is 5.56 Å². The molecule has 1 aromatic rings. The molecule has 0 aliphatic carbocycles. The molecule has 2 nitrogen and oxygen atoms in total. The molecule has 0 spiro atoms. The Morgan fingerprint density at radius 3 is 2.62 bits per heavy atom.